The zero-order valence-corrected chi connectivity index (χ0v) is 6.63. The van der Waals surface area contributed by atoms with E-state index in [-0.39, 0.29) is 5.88 Å². The summed E-state index contributed by atoms with van der Waals surface area (Å²) in [5, 5.41) is 0.539. The van der Waals surface area contributed by atoms with E-state index in [2.05, 4.69) is 9.72 Å². The number of hydrogen-bond acceptors (Lipinski definition) is 3. The Morgan fingerprint density at radius 3 is 3.09 bits per heavy atom. The molecule has 4 heteroatoms. The van der Waals surface area contributed by atoms with Crippen LogP contribution < -0.4 is 4.74 Å². The average Bonchev–Trinajstić information content (AvgIpc) is 1.99. The van der Waals surface area contributed by atoms with Crippen molar-refractivity contribution in [2.45, 2.75) is 6.92 Å². The predicted molar refractivity (Wildman–Crippen MR) is 40.7 cm³/mol. The highest BCUT2D eigenvalue weighted by atomic mass is 35.5. The standard InChI is InChI=1S/C7H6ClNO2/c1-5-6(8)2-3-9-7(5)11-4-10/h2-4H,1H3. The largest absolute Gasteiger partial charge is 0.409 e. The summed E-state index contributed by atoms with van der Waals surface area (Å²) in [6, 6.07) is 1.63. The molecule has 1 aromatic heterocycles. The van der Waals surface area contributed by atoms with Crippen molar-refractivity contribution >= 4 is 18.1 Å². The number of pyridine rings is 1. The van der Waals surface area contributed by atoms with Crippen LogP contribution in [0.3, 0.4) is 0 Å². The molecule has 11 heavy (non-hydrogen) atoms. The van der Waals surface area contributed by atoms with Gasteiger partial charge in [0.05, 0.1) is 5.02 Å². The Kier molecular flexibility index (Phi) is 2.44. The SMILES string of the molecule is Cc1c(Cl)ccnc1OC=O. The molecule has 0 bridgehead atoms. The highest BCUT2D eigenvalue weighted by Crippen LogP contribution is 2.21. The van der Waals surface area contributed by atoms with Gasteiger partial charge in [0.1, 0.15) is 0 Å². The molecule has 0 atom stereocenters. The first-order valence-corrected chi connectivity index (χ1v) is 3.35. The van der Waals surface area contributed by atoms with Crippen LogP contribution in [0.15, 0.2) is 12.3 Å². The van der Waals surface area contributed by atoms with Gasteiger partial charge in [0.2, 0.25) is 5.88 Å². The minimum absolute atomic E-state index is 0.257. The van der Waals surface area contributed by atoms with Gasteiger partial charge in [0.25, 0.3) is 6.47 Å². The maximum absolute atomic E-state index is 9.93. The number of carbonyl (C=O) groups excluding carboxylic acids is 1. The van der Waals surface area contributed by atoms with Gasteiger partial charge in [0, 0.05) is 11.8 Å². The Balaban J connectivity index is 3.05. The number of rotatable bonds is 2. The van der Waals surface area contributed by atoms with Crippen LogP contribution in [0.5, 0.6) is 5.88 Å². The van der Waals surface area contributed by atoms with Crippen LogP contribution in [-0.4, -0.2) is 11.5 Å². The third kappa shape index (κ3) is 1.68. The van der Waals surface area contributed by atoms with E-state index in [0.29, 0.717) is 17.1 Å². The summed E-state index contributed by atoms with van der Waals surface area (Å²) >= 11 is 5.71. The molecule has 0 radical (unpaired) electrons. The van der Waals surface area contributed by atoms with Crippen LogP contribution in [0.25, 0.3) is 0 Å². The molecule has 0 N–H and O–H groups in total. The Hall–Kier alpha value is -1.09. The lowest BCUT2D eigenvalue weighted by Gasteiger charge is -2.01. The van der Waals surface area contributed by atoms with Gasteiger partial charge in [-0.25, -0.2) is 4.98 Å². The summed E-state index contributed by atoms with van der Waals surface area (Å²) in [5.41, 5.74) is 0.668. The van der Waals surface area contributed by atoms with E-state index in [9.17, 15) is 4.79 Å². The van der Waals surface area contributed by atoms with E-state index in [1.807, 2.05) is 0 Å². The summed E-state index contributed by atoms with van der Waals surface area (Å²) in [6.45, 7) is 2.06. The quantitative estimate of drug-likeness (QED) is 0.635. The molecule has 0 saturated carbocycles. The molecule has 3 nitrogen and oxygen atoms in total. The van der Waals surface area contributed by atoms with Crippen molar-refractivity contribution < 1.29 is 9.53 Å². The number of halogens is 1. The number of nitrogens with zero attached hydrogens (tertiary/aromatic N) is 1. The van der Waals surface area contributed by atoms with Gasteiger partial charge in [-0.15, -0.1) is 0 Å². The van der Waals surface area contributed by atoms with E-state index in [1.165, 1.54) is 6.20 Å². The molecular weight excluding hydrogens is 166 g/mol. The van der Waals surface area contributed by atoms with Crippen LogP contribution in [0.2, 0.25) is 5.02 Å². The second-order valence-corrected chi connectivity index (χ2v) is 2.34. The maximum Gasteiger partial charge on any atom is 0.299 e. The van der Waals surface area contributed by atoms with Gasteiger partial charge < -0.3 is 4.74 Å². The van der Waals surface area contributed by atoms with E-state index < -0.39 is 0 Å². The summed E-state index contributed by atoms with van der Waals surface area (Å²) < 4.78 is 4.54. The molecule has 0 fully saturated rings. The van der Waals surface area contributed by atoms with Gasteiger partial charge in [-0.2, -0.15) is 0 Å². The first kappa shape index (κ1) is 8.01. The zero-order chi connectivity index (χ0) is 8.27. The molecule has 1 heterocycles. The molecule has 0 spiro atoms. The van der Waals surface area contributed by atoms with Crippen molar-refractivity contribution in [3.05, 3.63) is 22.8 Å². The Bertz CT molecular complexity index is 275. The lowest BCUT2D eigenvalue weighted by Crippen LogP contribution is -1.94. The maximum atomic E-state index is 9.93. The number of hydrogen-bond donors (Lipinski definition) is 0. The van der Waals surface area contributed by atoms with Crippen molar-refractivity contribution in [2.24, 2.45) is 0 Å². The third-order valence-corrected chi connectivity index (χ3v) is 1.66. The lowest BCUT2D eigenvalue weighted by molar-refractivity contribution is -0.121. The predicted octanol–water partition coefficient (Wildman–Crippen LogP) is 1.58. The average molecular weight is 172 g/mol. The fourth-order valence-corrected chi connectivity index (χ4v) is 0.796. The Morgan fingerprint density at radius 1 is 1.73 bits per heavy atom. The van der Waals surface area contributed by atoms with Crippen molar-refractivity contribution in [1.82, 2.24) is 4.98 Å². The monoisotopic (exact) mass is 171 g/mol. The van der Waals surface area contributed by atoms with Crippen LogP contribution >= 0.6 is 11.6 Å². The highest BCUT2D eigenvalue weighted by molar-refractivity contribution is 6.31. The van der Waals surface area contributed by atoms with Crippen molar-refractivity contribution in [1.29, 1.82) is 0 Å². The summed E-state index contributed by atoms with van der Waals surface area (Å²) in [4.78, 5) is 13.7. The third-order valence-electron chi connectivity index (χ3n) is 1.25. The Morgan fingerprint density at radius 2 is 2.45 bits per heavy atom. The van der Waals surface area contributed by atoms with E-state index >= 15 is 0 Å². The van der Waals surface area contributed by atoms with Crippen LogP contribution in [0.4, 0.5) is 0 Å². The van der Waals surface area contributed by atoms with Gasteiger partial charge in [-0.05, 0) is 13.0 Å². The Labute approximate surface area is 69.0 Å². The first-order chi connectivity index (χ1) is 5.25. The van der Waals surface area contributed by atoms with Crippen molar-refractivity contribution in [3.63, 3.8) is 0 Å². The molecule has 0 aliphatic rings. The van der Waals surface area contributed by atoms with E-state index in [4.69, 9.17) is 11.6 Å². The number of aromatic nitrogens is 1. The smallest absolute Gasteiger partial charge is 0.299 e. The molecular formula is C7H6ClNO2. The van der Waals surface area contributed by atoms with Gasteiger partial charge in [-0.1, -0.05) is 11.6 Å². The molecule has 0 amide bonds. The highest BCUT2D eigenvalue weighted by Gasteiger charge is 2.02. The molecule has 0 unspecified atom stereocenters. The minimum Gasteiger partial charge on any atom is -0.409 e. The molecule has 58 valence electrons. The van der Waals surface area contributed by atoms with Crippen molar-refractivity contribution in [2.75, 3.05) is 0 Å². The van der Waals surface area contributed by atoms with Gasteiger partial charge in [0.15, 0.2) is 0 Å². The van der Waals surface area contributed by atoms with Crippen LogP contribution in [0, 0.1) is 6.92 Å². The lowest BCUT2D eigenvalue weighted by atomic mass is 10.3. The van der Waals surface area contributed by atoms with Crippen LogP contribution in [0.1, 0.15) is 5.56 Å². The normalized spacial score (nSPS) is 9.27. The van der Waals surface area contributed by atoms with Gasteiger partial charge >= 0.3 is 0 Å². The number of ether oxygens (including phenoxy) is 1. The minimum atomic E-state index is 0.257. The molecule has 1 rings (SSSR count). The topological polar surface area (TPSA) is 39.2 Å². The second kappa shape index (κ2) is 3.34. The number of carbonyl (C=O) groups is 1. The second-order valence-electron chi connectivity index (χ2n) is 1.94. The zero-order valence-electron chi connectivity index (χ0n) is 5.87. The molecule has 1 aromatic rings. The summed E-state index contributed by atoms with van der Waals surface area (Å²) in [6.07, 6.45) is 1.48. The van der Waals surface area contributed by atoms with Crippen molar-refractivity contribution in [3.8, 4) is 5.88 Å². The molecule has 0 aliphatic carbocycles. The first-order valence-electron chi connectivity index (χ1n) is 2.97. The summed E-state index contributed by atoms with van der Waals surface area (Å²) in [5.74, 6) is 0.257. The fourth-order valence-electron chi connectivity index (χ4n) is 0.659. The summed E-state index contributed by atoms with van der Waals surface area (Å²) in [7, 11) is 0. The molecule has 0 aliphatic heterocycles. The van der Waals surface area contributed by atoms with Crippen LogP contribution in [-0.2, 0) is 4.79 Å². The fraction of sp³-hybridized carbons (Fsp3) is 0.143. The van der Waals surface area contributed by atoms with Gasteiger partial charge in [-0.3, -0.25) is 4.79 Å². The van der Waals surface area contributed by atoms with E-state index in [0.717, 1.165) is 0 Å². The van der Waals surface area contributed by atoms with E-state index in [1.54, 1.807) is 13.0 Å². The molecule has 0 saturated heterocycles. The molecule has 0 aromatic carbocycles.